The minimum Gasteiger partial charge on any atom is -0.465 e. The van der Waals surface area contributed by atoms with Crippen LogP contribution in [0.5, 0.6) is 0 Å². The summed E-state index contributed by atoms with van der Waals surface area (Å²) in [4.78, 5) is 40.2. The SMILES string of the molecule is CC(C)(C)OC(=O)N1CCC(c2cccc3c(CO)cccc23)CC1.COC(=O)c1cccc2c(C3CCN(C(=O)OC(C)(C)C)CC3)cccc12. The van der Waals surface area contributed by atoms with Crippen LogP contribution >= 0.6 is 0 Å². The minimum absolute atomic E-state index is 0.0535. The van der Waals surface area contributed by atoms with E-state index in [1.54, 1.807) is 11.0 Å². The van der Waals surface area contributed by atoms with Gasteiger partial charge in [-0.1, -0.05) is 66.7 Å². The largest absolute Gasteiger partial charge is 0.465 e. The second-order valence-electron chi connectivity index (χ2n) is 15.7. The molecule has 9 heteroatoms. The maximum absolute atomic E-state index is 12.3. The van der Waals surface area contributed by atoms with Crippen molar-refractivity contribution in [2.75, 3.05) is 33.3 Å². The van der Waals surface area contributed by atoms with E-state index >= 15 is 0 Å². The number of aliphatic hydroxyl groups excluding tert-OH is 1. The number of aliphatic hydroxyl groups is 1. The Labute approximate surface area is 307 Å². The molecule has 52 heavy (non-hydrogen) atoms. The number of hydrogen-bond donors (Lipinski definition) is 1. The summed E-state index contributed by atoms with van der Waals surface area (Å²) in [5, 5.41) is 13.9. The molecular weight excluding hydrogens is 656 g/mol. The number of nitrogens with zero attached hydrogens (tertiary/aromatic N) is 2. The first-order chi connectivity index (χ1) is 24.7. The van der Waals surface area contributed by atoms with Crippen LogP contribution in [0.15, 0.2) is 72.8 Å². The van der Waals surface area contributed by atoms with Gasteiger partial charge in [-0.3, -0.25) is 0 Å². The molecule has 0 unspecified atom stereocenters. The predicted octanol–water partition coefficient (Wildman–Crippen LogP) is 9.19. The minimum atomic E-state index is -0.478. The molecule has 2 aliphatic rings. The van der Waals surface area contributed by atoms with Crippen molar-refractivity contribution < 1.29 is 33.7 Å². The second-order valence-corrected chi connectivity index (χ2v) is 15.7. The lowest BCUT2D eigenvalue weighted by Gasteiger charge is -2.34. The highest BCUT2D eigenvalue weighted by molar-refractivity contribution is 6.05. The fourth-order valence-corrected chi connectivity index (χ4v) is 7.27. The van der Waals surface area contributed by atoms with Gasteiger partial charge >= 0.3 is 18.2 Å². The third kappa shape index (κ3) is 9.42. The molecule has 278 valence electrons. The molecule has 2 aliphatic heterocycles. The molecule has 0 aromatic heterocycles. The van der Waals surface area contributed by atoms with Crippen molar-refractivity contribution in [3.05, 3.63) is 95.1 Å². The summed E-state index contributed by atoms with van der Waals surface area (Å²) in [6.07, 6.45) is 3.16. The third-order valence-corrected chi connectivity index (χ3v) is 9.75. The fraction of sp³-hybridized carbons (Fsp3) is 0.465. The summed E-state index contributed by atoms with van der Waals surface area (Å²) < 4.78 is 15.9. The van der Waals surface area contributed by atoms with Gasteiger partial charge in [0.2, 0.25) is 0 Å². The quantitative estimate of drug-likeness (QED) is 0.166. The lowest BCUT2D eigenvalue weighted by molar-refractivity contribution is 0.0194. The van der Waals surface area contributed by atoms with Gasteiger partial charge in [-0.25, -0.2) is 14.4 Å². The molecule has 0 radical (unpaired) electrons. The summed E-state index contributed by atoms with van der Waals surface area (Å²) in [5.41, 5.74) is 3.16. The van der Waals surface area contributed by atoms with E-state index in [-0.39, 0.29) is 24.8 Å². The van der Waals surface area contributed by atoms with Crippen molar-refractivity contribution in [3.63, 3.8) is 0 Å². The molecule has 0 spiro atoms. The topological polar surface area (TPSA) is 106 Å². The zero-order valence-electron chi connectivity index (χ0n) is 31.7. The van der Waals surface area contributed by atoms with E-state index in [0.717, 1.165) is 60.5 Å². The van der Waals surface area contributed by atoms with Gasteiger partial charge in [0.25, 0.3) is 0 Å². The van der Waals surface area contributed by atoms with Crippen LogP contribution in [0.1, 0.15) is 106 Å². The number of ether oxygens (including phenoxy) is 3. The van der Waals surface area contributed by atoms with Crippen LogP contribution in [-0.4, -0.2) is 77.6 Å². The number of piperidine rings is 2. The summed E-state index contributed by atoms with van der Waals surface area (Å²) >= 11 is 0. The van der Waals surface area contributed by atoms with E-state index in [1.165, 1.54) is 23.6 Å². The van der Waals surface area contributed by atoms with Gasteiger partial charge in [0.05, 0.1) is 19.3 Å². The van der Waals surface area contributed by atoms with E-state index in [9.17, 15) is 19.5 Å². The smallest absolute Gasteiger partial charge is 0.410 e. The highest BCUT2D eigenvalue weighted by atomic mass is 16.6. The van der Waals surface area contributed by atoms with Crippen LogP contribution < -0.4 is 0 Å². The Bertz CT molecular complexity index is 1870. The Morgan fingerprint density at radius 1 is 0.615 bits per heavy atom. The van der Waals surface area contributed by atoms with E-state index < -0.39 is 11.2 Å². The number of benzene rings is 4. The van der Waals surface area contributed by atoms with E-state index in [2.05, 4.69) is 36.4 Å². The first kappa shape index (κ1) is 38.6. The normalized spacial score (nSPS) is 15.9. The first-order valence-corrected chi connectivity index (χ1v) is 18.4. The number of fused-ring (bicyclic) bond motifs is 2. The van der Waals surface area contributed by atoms with Crippen LogP contribution in [0.4, 0.5) is 9.59 Å². The average Bonchev–Trinajstić information content (AvgIpc) is 3.12. The number of amides is 2. The van der Waals surface area contributed by atoms with Gasteiger partial charge in [-0.15, -0.1) is 0 Å². The molecule has 1 N–H and O–H groups in total. The van der Waals surface area contributed by atoms with E-state index in [0.29, 0.717) is 30.5 Å². The molecule has 2 saturated heterocycles. The molecule has 4 aromatic rings. The Hall–Kier alpha value is -4.63. The van der Waals surface area contributed by atoms with Crippen molar-refractivity contribution in [2.45, 2.75) is 96.9 Å². The number of hydrogen-bond acceptors (Lipinski definition) is 7. The van der Waals surface area contributed by atoms with Crippen LogP contribution in [-0.2, 0) is 20.8 Å². The highest BCUT2D eigenvalue weighted by Crippen LogP contribution is 2.36. The van der Waals surface area contributed by atoms with Gasteiger partial charge in [0, 0.05) is 26.2 Å². The van der Waals surface area contributed by atoms with Crippen LogP contribution in [0.3, 0.4) is 0 Å². The Balaban J connectivity index is 0.000000202. The number of carbonyl (C=O) groups is 3. The average molecular weight is 711 g/mol. The highest BCUT2D eigenvalue weighted by Gasteiger charge is 2.30. The fourth-order valence-electron chi connectivity index (χ4n) is 7.27. The Morgan fingerprint density at radius 2 is 1.02 bits per heavy atom. The van der Waals surface area contributed by atoms with E-state index in [4.69, 9.17) is 14.2 Å². The summed E-state index contributed by atoms with van der Waals surface area (Å²) in [6, 6.07) is 24.2. The standard InChI is InChI=1S/C22H27NO4.C21H27NO3/c1-22(2,3)27-21(25)23-13-11-15(12-14-23)16-7-5-9-18-17(16)8-6-10-19(18)20(24)26-4;1-21(2,3)25-20(24)22-12-10-15(11-13-22)17-7-5-8-18-16(14-23)6-4-9-19(17)18/h5-10,15H,11-14H2,1-4H3;4-9,15,23H,10-14H2,1-3H3. The van der Waals surface area contributed by atoms with Crippen molar-refractivity contribution in [3.8, 4) is 0 Å². The predicted molar refractivity (Wildman–Crippen MR) is 205 cm³/mol. The van der Waals surface area contributed by atoms with Gasteiger partial charge in [-0.05, 0) is 123 Å². The monoisotopic (exact) mass is 710 g/mol. The number of rotatable bonds is 4. The molecule has 0 saturated carbocycles. The molecule has 0 bridgehead atoms. The lowest BCUT2D eigenvalue weighted by atomic mass is 9.85. The van der Waals surface area contributed by atoms with Crippen molar-refractivity contribution in [1.29, 1.82) is 0 Å². The molecule has 6 rings (SSSR count). The van der Waals surface area contributed by atoms with Crippen molar-refractivity contribution in [2.24, 2.45) is 0 Å². The summed E-state index contributed by atoms with van der Waals surface area (Å²) in [7, 11) is 1.40. The van der Waals surface area contributed by atoms with Crippen LogP contribution in [0.2, 0.25) is 0 Å². The zero-order chi connectivity index (χ0) is 37.6. The summed E-state index contributed by atoms with van der Waals surface area (Å²) in [5.74, 6) is 0.453. The Kier molecular flexibility index (Phi) is 12.1. The maximum atomic E-state index is 12.3. The van der Waals surface area contributed by atoms with Gasteiger partial charge < -0.3 is 29.1 Å². The number of likely N-dealkylation sites (tertiary alicyclic amines) is 2. The molecule has 0 aliphatic carbocycles. The van der Waals surface area contributed by atoms with Crippen LogP contribution in [0.25, 0.3) is 21.5 Å². The molecule has 2 heterocycles. The summed E-state index contributed by atoms with van der Waals surface area (Å²) in [6.45, 7) is 14.2. The number of methoxy groups -OCH3 is 1. The molecule has 2 fully saturated rings. The number of carbonyl (C=O) groups excluding carboxylic acids is 3. The Morgan fingerprint density at radius 3 is 1.46 bits per heavy atom. The van der Waals surface area contributed by atoms with Crippen molar-refractivity contribution in [1.82, 2.24) is 9.80 Å². The molecule has 9 nitrogen and oxygen atoms in total. The zero-order valence-corrected chi connectivity index (χ0v) is 31.7. The van der Waals surface area contributed by atoms with Gasteiger partial charge in [0.15, 0.2) is 0 Å². The molecule has 0 atom stereocenters. The van der Waals surface area contributed by atoms with Crippen LogP contribution in [0, 0.1) is 0 Å². The third-order valence-electron chi connectivity index (χ3n) is 9.75. The lowest BCUT2D eigenvalue weighted by Crippen LogP contribution is -2.41. The molecule has 4 aromatic carbocycles. The van der Waals surface area contributed by atoms with Gasteiger partial charge in [-0.2, -0.15) is 0 Å². The number of esters is 1. The maximum Gasteiger partial charge on any atom is 0.410 e. The first-order valence-electron chi connectivity index (χ1n) is 18.4. The molecular formula is C43H54N2O7. The molecule has 2 amide bonds. The van der Waals surface area contributed by atoms with Crippen molar-refractivity contribution >= 4 is 39.7 Å². The second kappa shape index (κ2) is 16.4. The van der Waals surface area contributed by atoms with E-state index in [1.807, 2.05) is 76.8 Å². The van der Waals surface area contributed by atoms with Gasteiger partial charge in [0.1, 0.15) is 11.2 Å².